The van der Waals surface area contributed by atoms with Gasteiger partial charge in [-0.1, -0.05) is 23.7 Å². The van der Waals surface area contributed by atoms with Gasteiger partial charge in [-0.15, -0.1) is 0 Å². The van der Waals surface area contributed by atoms with Crippen LogP contribution in [-0.2, 0) is 14.3 Å². The predicted octanol–water partition coefficient (Wildman–Crippen LogP) is 3.20. The third-order valence-electron chi connectivity index (χ3n) is 6.16. The van der Waals surface area contributed by atoms with Crippen LogP contribution in [0.2, 0.25) is 5.02 Å². The highest BCUT2D eigenvalue weighted by Crippen LogP contribution is 2.41. The zero-order valence-corrected chi connectivity index (χ0v) is 19.6. The molecule has 0 radical (unpaired) electrons. The summed E-state index contributed by atoms with van der Waals surface area (Å²) in [6, 6.07) is 10.3. The van der Waals surface area contributed by atoms with E-state index in [1.165, 1.54) is 23.1 Å². The fraction of sp³-hybridized carbons (Fsp3) is 0.360. The summed E-state index contributed by atoms with van der Waals surface area (Å²) in [7, 11) is 1.55. The summed E-state index contributed by atoms with van der Waals surface area (Å²) in [5.74, 6) is -1.57. The number of ether oxygens (including phenoxy) is 2. The first-order valence-corrected chi connectivity index (χ1v) is 11.5. The first kappa shape index (κ1) is 24.1. The van der Waals surface area contributed by atoms with Crippen LogP contribution in [0, 0.1) is 0 Å². The minimum atomic E-state index is -0.811. The van der Waals surface area contributed by atoms with Crippen molar-refractivity contribution < 1.29 is 29.3 Å². The van der Waals surface area contributed by atoms with Crippen LogP contribution in [0.25, 0.3) is 5.76 Å². The lowest BCUT2D eigenvalue weighted by molar-refractivity contribution is -0.140. The second kappa shape index (κ2) is 10.5. The van der Waals surface area contributed by atoms with Crippen LogP contribution in [0.4, 0.5) is 0 Å². The molecular weight excluding hydrogens is 460 g/mol. The van der Waals surface area contributed by atoms with E-state index in [2.05, 4.69) is 4.90 Å². The number of carbonyl (C=O) groups is 2. The van der Waals surface area contributed by atoms with Gasteiger partial charge in [-0.25, -0.2) is 0 Å². The SMILES string of the molecule is COc1ccc([C@@H]2C(=C(O)c3cc(Cl)ccc3O)C(=O)C(=O)N2CCCN2CCOCC2)cc1. The molecule has 1 atom stereocenters. The normalized spacial score (nSPS) is 20.6. The van der Waals surface area contributed by atoms with Gasteiger partial charge in [0.05, 0.1) is 37.5 Å². The number of hydrogen-bond acceptors (Lipinski definition) is 7. The largest absolute Gasteiger partial charge is 0.507 e. The molecule has 0 spiro atoms. The van der Waals surface area contributed by atoms with Gasteiger partial charge in [0.2, 0.25) is 0 Å². The van der Waals surface area contributed by atoms with Crippen LogP contribution in [-0.4, -0.2) is 78.2 Å². The van der Waals surface area contributed by atoms with Crippen molar-refractivity contribution in [1.82, 2.24) is 9.80 Å². The number of aromatic hydroxyl groups is 1. The zero-order valence-electron chi connectivity index (χ0n) is 18.9. The quantitative estimate of drug-likeness (QED) is 0.352. The van der Waals surface area contributed by atoms with E-state index in [0.717, 1.165) is 19.6 Å². The van der Waals surface area contributed by atoms with E-state index >= 15 is 0 Å². The average Bonchev–Trinajstić information content (AvgIpc) is 3.11. The van der Waals surface area contributed by atoms with Crippen LogP contribution in [0.1, 0.15) is 23.6 Å². The number of phenolic OH excluding ortho intramolecular Hbond substituents is 1. The molecule has 9 heteroatoms. The van der Waals surface area contributed by atoms with Crippen LogP contribution in [0.5, 0.6) is 11.5 Å². The fourth-order valence-corrected chi connectivity index (χ4v) is 4.55. The zero-order chi connectivity index (χ0) is 24.2. The van der Waals surface area contributed by atoms with Crippen LogP contribution in [0.3, 0.4) is 0 Å². The van der Waals surface area contributed by atoms with Gasteiger partial charge in [-0.3, -0.25) is 14.5 Å². The Balaban J connectivity index is 1.70. The lowest BCUT2D eigenvalue weighted by Gasteiger charge is -2.29. The number of benzene rings is 2. The molecule has 2 saturated heterocycles. The van der Waals surface area contributed by atoms with E-state index in [9.17, 15) is 19.8 Å². The molecule has 4 rings (SSSR count). The summed E-state index contributed by atoms with van der Waals surface area (Å²) < 4.78 is 10.6. The van der Waals surface area contributed by atoms with Gasteiger partial charge >= 0.3 is 0 Å². The number of carbonyl (C=O) groups excluding carboxylic acids is 2. The number of aliphatic hydroxyl groups is 1. The Morgan fingerprint density at radius 1 is 1.12 bits per heavy atom. The summed E-state index contributed by atoms with van der Waals surface area (Å²) in [5.41, 5.74) is 0.561. The molecule has 34 heavy (non-hydrogen) atoms. The third kappa shape index (κ3) is 4.89. The maximum absolute atomic E-state index is 13.1. The Kier molecular flexibility index (Phi) is 7.41. The number of Topliss-reactive ketones (excluding diaryl/α,β-unsaturated/α-hetero) is 1. The number of halogens is 1. The van der Waals surface area contributed by atoms with Gasteiger partial charge in [0, 0.05) is 31.2 Å². The molecule has 2 heterocycles. The number of aliphatic hydroxyl groups excluding tert-OH is 1. The standard InChI is InChI=1S/C25H27ClN2O6/c1-33-18-6-3-16(4-7-18)22-21(23(30)19-15-17(26)5-8-20(19)29)24(31)25(32)28(22)10-2-9-27-11-13-34-14-12-27/h3-8,15,22,29-30H,2,9-14H2,1H3/t22-/m1/s1. The minimum absolute atomic E-state index is 0.00247. The van der Waals surface area contributed by atoms with E-state index in [0.29, 0.717) is 37.5 Å². The van der Waals surface area contributed by atoms with Gasteiger partial charge < -0.3 is 24.6 Å². The molecular formula is C25H27ClN2O6. The monoisotopic (exact) mass is 486 g/mol. The van der Waals surface area contributed by atoms with Crippen molar-refractivity contribution in [2.75, 3.05) is 46.5 Å². The summed E-state index contributed by atoms with van der Waals surface area (Å²) in [5, 5.41) is 21.7. The van der Waals surface area contributed by atoms with Crippen molar-refractivity contribution in [2.45, 2.75) is 12.5 Å². The lowest BCUT2D eigenvalue weighted by atomic mass is 9.95. The summed E-state index contributed by atoms with van der Waals surface area (Å²) >= 11 is 6.06. The van der Waals surface area contributed by atoms with Gasteiger partial charge in [0.15, 0.2) is 0 Å². The van der Waals surface area contributed by atoms with Gasteiger partial charge in [0.1, 0.15) is 17.3 Å². The van der Waals surface area contributed by atoms with Crippen molar-refractivity contribution in [3.05, 3.63) is 64.2 Å². The van der Waals surface area contributed by atoms with Crippen LogP contribution >= 0.6 is 11.6 Å². The Labute approximate surface area is 202 Å². The number of ketones is 1. The third-order valence-corrected chi connectivity index (χ3v) is 6.40. The number of likely N-dealkylation sites (tertiary alicyclic amines) is 1. The molecule has 2 fully saturated rings. The van der Waals surface area contributed by atoms with Gasteiger partial charge in [0.25, 0.3) is 11.7 Å². The van der Waals surface area contributed by atoms with E-state index in [1.807, 2.05) is 0 Å². The molecule has 0 saturated carbocycles. The molecule has 0 unspecified atom stereocenters. The lowest BCUT2D eigenvalue weighted by Crippen LogP contribution is -2.38. The maximum atomic E-state index is 13.1. The number of amides is 1. The Hall–Kier alpha value is -3.07. The molecule has 1 amide bonds. The molecule has 0 aliphatic carbocycles. The Morgan fingerprint density at radius 3 is 2.50 bits per heavy atom. The molecule has 2 aromatic carbocycles. The molecule has 180 valence electrons. The number of morpholine rings is 1. The molecule has 0 bridgehead atoms. The smallest absolute Gasteiger partial charge is 0.295 e. The van der Waals surface area contributed by atoms with E-state index in [4.69, 9.17) is 21.1 Å². The molecule has 2 aliphatic rings. The summed E-state index contributed by atoms with van der Waals surface area (Å²) in [4.78, 5) is 29.9. The Bertz CT molecular complexity index is 1100. The molecule has 8 nitrogen and oxygen atoms in total. The summed E-state index contributed by atoms with van der Waals surface area (Å²) in [6.45, 7) is 4.11. The minimum Gasteiger partial charge on any atom is -0.507 e. The molecule has 0 aromatic heterocycles. The topological polar surface area (TPSA) is 99.5 Å². The number of rotatable bonds is 7. The number of methoxy groups -OCH3 is 1. The predicted molar refractivity (Wildman–Crippen MR) is 127 cm³/mol. The number of nitrogens with zero attached hydrogens (tertiary/aromatic N) is 2. The second-order valence-electron chi connectivity index (χ2n) is 8.23. The number of hydrogen-bond donors (Lipinski definition) is 2. The van der Waals surface area contributed by atoms with E-state index in [-0.39, 0.29) is 21.9 Å². The fourth-order valence-electron chi connectivity index (χ4n) is 4.38. The van der Waals surface area contributed by atoms with Crippen molar-refractivity contribution >= 4 is 29.1 Å². The average molecular weight is 487 g/mol. The van der Waals surface area contributed by atoms with E-state index in [1.54, 1.807) is 31.4 Å². The number of phenols is 1. The van der Waals surface area contributed by atoms with Crippen molar-refractivity contribution in [2.24, 2.45) is 0 Å². The highest BCUT2D eigenvalue weighted by atomic mass is 35.5. The second-order valence-corrected chi connectivity index (χ2v) is 8.67. The molecule has 2 aliphatic heterocycles. The van der Waals surface area contributed by atoms with Gasteiger partial charge in [-0.2, -0.15) is 0 Å². The van der Waals surface area contributed by atoms with Crippen LogP contribution in [0.15, 0.2) is 48.0 Å². The molecule has 2 N–H and O–H groups in total. The maximum Gasteiger partial charge on any atom is 0.295 e. The van der Waals surface area contributed by atoms with Crippen molar-refractivity contribution in [3.8, 4) is 11.5 Å². The summed E-state index contributed by atoms with van der Waals surface area (Å²) in [6.07, 6.45) is 0.655. The highest BCUT2D eigenvalue weighted by molar-refractivity contribution is 6.46. The highest BCUT2D eigenvalue weighted by Gasteiger charge is 2.46. The molecule has 2 aromatic rings. The van der Waals surface area contributed by atoms with Crippen molar-refractivity contribution in [1.29, 1.82) is 0 Å². The van der Waals surface area contributed by atoms with Gasteiger partial charge in [-0.05, 0) is 42.3 Å². The van der Waals surface area contributed by atoms with E-state index < -0.39 is 23.5 Å². The first-order chi connectivity index (χ1) is 16.4. The first-order valence-electron chi connectivity index (χ1n) is 11.1. The van der Waals surface area contributed by atoms with Crippen LogP contribution < -0.4 is 4.74 Å². The Morgan fingerprint density at radius 2 is 1.82 bits per heavy atom. The van der Waals surface area contributed by atoms with Crippen molar-refractivity contribution in [3.63, 3.8) is 0 Å².